The Balaban J connectivity index is 1.97. The highest BCUT2D eigenvalue weighted by Gasteiger charge is 2.17. The lowest BCUT2D eigenvalue weighted by Crippen LogP contribution is -2.12. The Morgan fingerprint density at radius 3 is 2.04 bits per heavy atom. The molecular weight excluding hydrogens is 296 g/mol. The summed E-state index contributed by atoms with van der Waals surface area (Å²) in [5.41, 5.74) is 1.98. The Labute approximate surface area is 145 Å². The fourth-order valence-corrected chi connectivity index (χ4v) is 2.57. The van der Waals surface area contributed by atoms with Crippen LogP contribution in [0.3, 0.4) is 0 Å². The quantitative estimate of drug-likeness (QED) is 0.329. The fourth-order valence-electron chi connectivity index (χ4n) is 2.57. The predicted octanol–water partition coefficient (Wildman–Crippen LogP) is 5.85. The van der Waals surface area contributed by atoms with Crippen LogP contribution in [0.4, 0.5) is 0 Å². The van der Waals surface area contributed by atoms with Crippen LogP contribution >= 0.6 is 0 Å². The average Bonchev–Trinajstić information content (AvgIpc) is 2.64. The molecule has 0 fully saturated rings. The standard InChI is InChI=1S/C22H26O2/c1-2-3-4-5-6-13-18-21(23)24-22(19-14-9-7-10-15-19)20-16-11-8-12-17-20/h6-17,22H,2-5,18H2,1H3. The fraction of sp³-hybridized carbons (Fsp3) is 0.318. The molecule has 0 aliphatic heterocycles. The molecule has 0 radical (unpaired) electrons. The van der Waals surface area contributed by atoms with Crippen molar-refractivity contribution in [3.8, 4) is 0 Å². The summed E-state index contributed by atoms with van der Waals surface area (Å²) < 4.78 is 5.76. The van der Waals surface area contributed by atoms with E-state index in [1.54, 1.807) is 0 Å². The number of hydrogen-bond donors (Lipinski definition) is 0. The first kappa shape index (κ1) is 18.0. The highest BCUT2D eigenvalue weighted by Crippen LogP contribution is 2.26. The maximum Gasteiger partial charge on any atom is 0.310 e. The van der Waals surface area contributed by atoms with E-state index in [0.717, 1.165) is 17.5 Å². The van der Waals surface area contributed by atoms with Crippen molar-refractivity contribution >= 4 is 5.97 Å². The van der Waals surface area contributed by atoms with Gasteiger partial charge in [0.2, 0.25) is 0 Å². The molecule has 0 aliphatic rings. The first-order valence-corrected chi connectivity index (χ1v) is 8.75. The van der Waals surface area contributed by atoms with E-state index in [-0.39, 0.29) is 12.1 Å². The summed E-state index contributed by atoms with van der Waals surface area (Å²) in [5.74, 6) is -0.195. The second-order valence-corrected chi connectivity index (χ2v) is 5.86. The molecule has 24 heavy (non-hydrogen) atoms. The van der Waals surface area contributed by atoms with Gasteiger partial charge in [0.15, 0.2) is 6.10 Å². The van der Waals surface area contributed by atoms with Crippen molar-refractivity contribution in [2.75, 3.05) is 0 Å². The van der Waals surface area contributed by atoms with Crippen molar-refractivity contribution in [1.29, 1.82) is 0 Å². The molecule has 0 unspecified atom stereocenters. The van der Waals surface area contributed by atoms with Gasteiger partial charge in [0.05, 0.1) is 6.42 Å². The molecule has 0 N–H and O–H groups in total. The summed E-state index contributed by atoms with van der Waals surface area (Å²) in [5, 5.41) is 0. The van der Waals surface area contributed by atoms with Crippen molar-refractivity contribution < 1.29 is 9.53 Å². The molecule has 0 aliphatic carbocycles. The van der Waals surface area contributed by atoms with E-state index in [1.807, 2.05) is 66.7 Å². The molecule has 0 saturated carbocycles. The van der Waals surface area contributed by atoms with E-state index in [9.17, 15) is 4.79 Å². The summed E-state index contributed by atoms with van der Waals surface area (Å²) in [6.07, 6.45) is 8.63. The van der Waals surface area contributed by atoms with Gasteiger partial charge in [0.1, 0.15) is 0 Å². The first-order valence-electron chi connectivity index (χ1n) is 8.75. The van der Waals surface area contributed by atoms with Crippen LogP contribution in [0.25, 0.3) is 0 Å². The van der Waals surface area contributed by atoms with Crippen LogP contribution in [0.15, 0.2) is 72.8 Å². The minimum absolute atomic E-state index is 0.195. The van der Waals surface area contributed by atoms with Crippen LogP contribution in [-0.4, -0.2) is 5.97 Å². The molecule has 2 nitrogen and oxygen atoms in total. The van der Waals surface area contributed by atoms with Crippen LogP contribution in [0.1, 0.15) is 56.3 Å². The molecule has 2 aromatic rings. The average molecular weight is 322 g/mol. The molecule has 0 amide bonds. The zero-order valence-electron chi connectivity index (χ0n) is 14.4. The largest absolute Gasteiger partial charge is 0.452 e. The van der Waals surface area contributed by atoms with Crippen LogP contribution < -0.4 is 0 Å². The molecule has 0 bridgehead atoms. The lowest BCUT2D eigenvalue weighted by atomic mass is 10.0. The third-order valence-electron chi connectivity index (χ3n) is 3.88. The first-order chi connectivity index (χ1) is 11.8. The maximum absolute atomic E-state index is 12.2. The SMILES string of the molecule is CCCCCC=CCC(=O)OC(c1ccccc1)c1ccccc1. The molecule has 0 aromatic heterocycles. The molecule has 0 heterocycles. The smallest absolute Gasteiger partial charge is 0.310 e. The van der Waals surface area contributed by atoms with E-state index in [0.29, 0.717) is 6.42 Å². The molecule has 0 saturated heterocycles. The minimum atomic E-state index is -0.353. The Hall–Kier alpha value is -2.35. The van der Waals surface area contributed by atoms with Crippen LogP contribution in [-0.2, 0) is 9.53 Å². The van der Waals surface area contributed by atoms with Gasteiger partial charge >= 0.3 is 5.97 Å². The Bertz CT molecular complexity index is 577. The molecule has 2 aromatic carbocycles. The van der Waals surface area contributed by atoms with Crippen LogP contribution in [0, 0.1) is 0 Å². The van der Waals surface area contributed by atoms with Gasteiger partial charge in [-0.25, -0.2) is 0 Å². The van der Waals surface area contributed by atoms with Crippen molar-refractivity contribution in [2.45, 2.75) is 45.1 Å². The number of allylic oxidation sites excluding steroid dienone is 1. The van der Waals surface area contributed by atoms with Crippen LogP contribution in [0.5, 0.6) is 0 Å². The van der Waals surface area contributed by atoms with Gasteiger partial charge in [-0.3, -0.25) is 4.79 Å². The third kappa shape index (κ3) is 6.04. The third-order valence-corrected chi connectivity index (χ3v) is 3.88. The highest BCUT2D eigenvalue weighted by atomic mass is 16.5. The van der Waals surface area contributed by atoms with Gasteiger partial charge < -0.3 is 4.74 Å². The van der Waals surface area contributed by atoms with Gasteiger partial charge in [-0.2, -0.15) is 0 Å². The Morgan fingerprint density at radius 1 is 0.917 bits per heavy atom. The van der Waals surface area contributed by atoms with Gasteiger partial charge in [0.25, 0.3) is 0 Å². The zero-order valence-corrected chi connectivity index (χ0v) is 14.4. The van der Waals surface area contributed by atoms with Crippen molar-refractivity contribution in [1.82, 2.24) is 0 Å². The topological polar surface area (TPSA) is 26.3 Å². The van der Waals surface area contributed by atoms with Crippen molar-refractivity contribution in [3.05, 3.63) is 83.9 Å². The van der Waals surface area contributed by atoms with Gasteiger partial charge in [0, 0.05) is 0 Å². The summed E-state index contributed by atoms with van der Waals surface area (Å²) in [4.78, 5) is 12.2. The second kappa shape index (κ2) is 10.4. The van der Waals surface area contributed by atoms with Gasteiger partial charge in [-0.15, -0.1) is 0 Å². The number of esters is 1. The lowest BCUT2D eigenvalue weighted by molar-refractivity contribution is -0.146. The maximum atomic E-state index is 12.2. The number of benzene rings is 2. The number of hydrogen-bond acceptors (Lipinski definition) is 2. The summed E-state index contributed by atoms with van der Waals surface area (Å²) in [6.45, 7) is 2.19. The number of carbonyl (C=O) groups excluding carboxylic acids is 1. The zero-order chi connectivity index (χ0) is 17.0. The van der Waals surface area contributed by atoms with E-state index in [2.05, 4.69) is 13.0 Å². The van der Waals surface area contributed by atoms with E-state index < -0.39 is 0 Å². The van der Waals surface area contributed by atoms with E-state index in [4.69, 9.17) is 4.74 Å². The molecule has 0 atom stereocenters. The molecular formula is C22H26O2. The molecule has 0 spiro atoms. The predicted molar refractivity (Wildman–Crippen MR) is 98.7 cm³/mol. The second-order valence-electron chi connectivity index (χ2n) is 5.86. The number of unbranched alkanes of at least 4 members (excludes halogenated alkanes) is 3. The number of ether oxygens (including phenoxy) is 1. The normalized spacial score (nSPS) is 11.1. The Kier molecular flexibility index (Phi) is 7.82. The molecule has 126 valence electrons. The number of rotatable bonds is 9. The van der Waals surface area contributed by atoms with Crippen molar-refractivity contribution in [2.24, 2.45) is 0 Å². The van der Waals surface area contributed by atoms with Crippen molar-refractivity contribution in [3.63, 3.8) is 0 Å². The number of carbonyl (C=O) groups is 1. The van der Waals surface area contributed by atoms with E-state index in [1.165, 1.54) is 19.3 Å². The van der Waals surface area contributed by atoms with Crippen LogP contribution in [0.2, 0.25) is 0 Å². The molecule has 2 rings (SSSR count). The summed E-state index contributed by atoms with van der Waals surface area (Å²) in [6, 6.07) is 19.8. The highest BCUT2D eigenvalue weighted by molar-refractivity contribution is 5.71. The van der Waals surface area contributed by atoms with E-state index >= 15 is 0 Å². The summed E-state index contributed by atoms with van der Waals surface area (Å²) >= 11 is 0. The Morgan fingerprint density at radius 2 is 1.50 bits per heavy atom. The van der Waals surface area contributed by atoms with Gasteiger partial charge in [-0.05, 0) is 24.0 Å². The monoisotopic (exact) mass is 322 g/mol. The van der Waals surface area contributed by atoms with Gasteiger partial charge in [-0.1, -0.05) is 92.6 Å². The lowest BCUT2D eigenvalue weighted by Gasteiger charge is -2.18. The minimum Gasteiger partial charge on any atom is -0.452 e. The molecule has 2 heteroatoms. The summed E-state index contributed by atoms with van der Waals surface area (Å²) in [7, 11) is 0.